The van der Waals surface area contributed by atoms with Gasteiger partial charge in [-0.3, -0.25) is 0 Å². The number of rotatable bonds is 5. The second kappa shape index (κ2) is 6.72. The first-order chi connectivity index (χ1) is 12.3. The fourth-order valence-corrected chi connectivity index (χ4v) is 4.18. The first kappa shape index (κ1) is 16.5. The van der Waals surface area contributed by atoms with Gasteiger partial charge in [0.15, 0.2) is 0 Å². The Labute approximate surface area is 149 Å². The largest absolute Gasteiger partial charge is 0.497 e. The number of hydrogen-bond donors (Lipinski definition) is 0. The molecule has 0 saturated carbocycles. The Hall–Kier alpha value is -2.00. The van der Waals surface area contributed by atoms with E-state index in [2.05, 4.69) is 37.3 Å². The lowest BCUT2D eigenvalue weighted by Crippen LogP contribution is -2.44. The number of ether oxygens (including phenoxy) is 3. The molecule has 3 heteroatoms. The molecule has 4 rings (SSSR count). The molecule has 0 unspecified atom stereocenters. The predicted octanol–water partition coefficient (Wildman–Crippen LogP) is 5.21. The zero-order valence-corrected chi connectivity index (χ0v) is 15.1. The minimum absolute atomic E-state index is 0.337. The van der Waals surface area contributed by atoms with Gasteiger partial charge in [-0.15, -0.1) is 0 Å². The van der Waals surface area contributed by atoms with Crippen molar-refractivity contribution in [1.29, 1.82) is 0 Å². The van der Waals surface area contributed by atoms with Crippen LogP contribution in [0.2, 0.25) is 0 Å². The summed E-state index contributed by atoms with van der Waals surface area (Å²) in [6.07, 6.45) is 5.80. The number of fused-ring (bicyclic) bond motifs is 3. The smallest absolute Gasteiger partial charge is 0.241 e. The second-order valence-corrected chi connectivity index (χ2v) is 7.09. The molecular weight excluding hydrogens is 312 g/mol. The molecule has 0 amide bonds. The first-order valence-electron chi connectivity index (χ1n) is 9.35. The number of hydrogen-bond acceptors (Lipinski definition) is 3. The Bertz CT molecular complexity index is 755. The molecule has 0 aliphatic carbocycles. The van der Waals surface area contributed by atoms with Crippen LogP contribution in [0.25, 0.3) is 0 Å². The minimum atomic E-state index is -0.649. The highest BCUT2D eigenvalue weighted by Gasteiger charge is 2.51. The molecule has 2 heterocycles. The third-order valence-corrected chi connectivity index (χ3v) is 5.53. The van der Waals surface area contributed by atoms with Gasteiger partial charge in [-0.05, 0) is 30.0 Å². The van der Waals surface area contributed by atoms with Gasteiger partial charge in [0.1, 0.15) is 11.5 Å². The van der Waals surface area contributed by atoms with Crippen LogP contribution in [0.15, 0.2) is 42.5 Å². The Morgan fingerprint density at radius 3 is 2.84 bits per heavy atom. The van der Waals surface area contributed by atoms with Gasteiger partial charge in [0.2, 0.25) is 5.79 Å². The predicted molar refractivity (Wildman–Crippen MR) is 97.9 cm³/mol. The molecule has 0 N–H and O–H groups in total. The van der Waals surface area contributed by atoms with Gasteiger partial charge >= 0.3 is 0 Å². The third kappa shape index (κ3) is 2.81. The van der Waals surface area contributed by atoms with E-state index in [0.29, 0.717) is 12.5 Å². The number of unbranched alkanes of at least 4 members (excludes halogenated alkanes) is 2. The van der Waals surface area contributed by atoms with Gasteiger partial charge in [0.25, 0.3) is 0 Å². The van der Waals surface area contributed by atoms with Gasteiger partial charge in [-0.25, -0.2) is 0 Å². The summed E-state index contributed by atoms with van der Waals surface area (Å²) in [6, 6.07) is 14.6. The highest BCUT2D eigenvalue weighted by molar-refractivity contribution is 5.45. The molecular formula is C22H26O3. The SMILES string of the molecule is CCCCC[C@H]1Cc2ccc(OC)cc2O[C@@]12OCc1ccccc12. The van der Waals surface area contributed by atoms with E-state index in [9.17, 15) is 0 Å². The Kier molecular flexibility index (Phi) is 4.43. The van der Waals surface area contributed by atoms with Crippen molar-refractivity contribution in [3.8, 4) is 11.5 Å². The lowest BCUT2D eigenvalue weighted by molar-refractivity contribution is -0.227. The Balaban J connectivity index is 1.74. The van der Waals surface area contributed by atoms with E-state index in [0.717, 1.165) is 24.3 Å². The summed E-state index contributed by atoms with van der Waals surface area (Å²) < 4.78 is 18.3. The number of benzene rings is 2. The third-order valence-electron chi connectivity index (χ3n) is 5.53. The lowest BCUT2D eigenvalue weighted by Gasteiger charge is -2.42. The van der Waals surface area contributed by atoms with Crippen molar-refractivity contribution in [3.63, 3.8) is 0 Å². The van der Waals surface area contributed by atoms with Crippen molar-refractivity contribution in [3.05, 3.63) is 59.2 Å². The van der Waals surface area contributed by atoms with Gasteiger partial charge in [-0.2, -0.15) is 0 Å². The van der Waals surface area contributed by atoms with Crippen LogP contribution in [-0.2, 0) is 23.6 Å². The molecule has 2 aromatic rings. The van der Waals surface area contributed by atoms with E-state index in [1.807, 2.05) is 12.1 Å². The maximum Gasteiger partial charge on any atom is 0.241 e. The summed E-state index contributed by atoms with van der Waals surface area (Å²) >= 11 is 0. The van der Waals surface area contributed by atoms with Crippen LogP contribution in [0.5, 0.6) is 11.5 Å². The van der Waals surface area contributed by atoms with Crippen molar-refractivity contribution in [2.24, 2.45) is 5.92 Å². The van der Waals surface area contributed by atoms with Gasteiger partial charge < -0.3 is 14.2 Å². The second-order valence-electron chi connectivity index (χ2n) is 7.09. The monoisotopic (exact) mass is 338 g/mol. The number of methoxy groups -OCH3 is 1. The Morgan fingerprint density at radius 2 is 2.00 bits per heavy atom. The van der Waals surface area contributed by atoms with Crippen LogP contribution in [0.3, 0.4) is 0 Å². The first-order valence-corrected chi connectivity index (χ1v) is 9.35. The van der Waals surface area contributed by atoms with Crippen molar-refractivity contribution in [1.82, 2.24) is 0 Å². The van der Waals surface area contributed by atoms with Crippen LogP contribution < -0.4 is 9.47 Å². The molecule has 0 saturated heterocycles. The van der Waals surface area contributed by atoms with Crippen molar-refractivity contribution in [2.75, 3.05) is 7.11 Å². The molecule has 2 aromatic carbocycles. The van der Waals surface area contributed by atoms with Crippen LogP contribution in [0.1, 0.15) is 49.3 Å². The fourth-order valence-electron chi connectivity index (χ4n) is 4.18. The maximum atomic E-state index is 6.59. The van der Waals surface area contributed by atoms with E-state index in [-0.39, 0.29) is 0 Å². The summed E-state index contributed by atoms with van der Waals surface area (Å²) in [7, 11) is 1.69. The van der Waals surface area contributed by atoms with Gasteiger partial charge in [-0.1, -0.05) is 56.5 Å². The van der Waals surface area contributed by atoms with Crippen molar-refractivity contribution in [2.45, 2.75) is 51.4 Å². The van der Waals surface area contributed by atoms with Crippen LogP contribution in [-0.4, -0.2) is 7.11 Å². The lowest BCUT2D eigenvalue weighted by atomic mass is 9.80. The molecule has 2 aliphatic rings. The molecule has 25 heavy (non-hydrogen) atoms. The van der Waals surface area contributed by atoms with Crippen LogP contribution in [0, 0.1) is 5.92 Å². The molecule has 2 aliphatic heterocycles. The van der Waals surface area contributed by atoms with Crippen LogP contribution in [0.4, 0.5) is 0 Å². The molecule has 0 fully saturated rings. The zero-order chi connectivity index (χ0) is 17.3. The van der Waals surface area contributed by atoms with Crippen molar-refractivity contribution < 1.29 is 14.2 Å². The molecule has 2 atom stereocenters. The summed E-state index contributed by atoms with van der Waals surface area (Å²) in [4.78, 5) is 0. The zero-order valence-electron chi connectivity index (χ0n) is 15.1. The van der Waals surface area contributed by atoms with Crippen LogP contribution >= 0.6 is 0 Å². The molecule has 0 aromatic heterocycles. The average molecular weight is 338 g/mol. The van der Waals surface area contributed by atoms with E-state index in [4.69, 9.17) is 14.2 Å². The van der Waals surface area contributed by atoms with E-state index in [1.165, 1.54) is 36.0 Å². The summed E-state index contributed by atoms with van der Waals surface area (Å²) in [5.74, 6) is 1.40. The highest BCUT2D eigenvalue weighted by Crippen LogP contribution is 2.51. The maximum absolute atomic E-state index is 6.59. The summed E-state index contributed by atoms with van der Waals surface area (Å²) in [5.41, 5.74) is 3.69. The Morgan fingerprint density at radius 1 is 1.12 bits per heavy atom. The average Bonchev–Trinajstić information content (AvgIpc) is 3.01. The van der Waals surface area contributed by atoms with E-state index in [1.54, 1.807) is 7.11 Å². The quantitative estimate of drug-likeness (QED) is 0.701. The standard InChI is InChI=1S/C22H26O3/c1-3-4-5-9-18-13-16-11-12-19(23-2)14-21(16)25-22(18)20-10-7-6-8-17(20)15-24-22/h6-8,10-12,14,18H,3-5,9,13,15H2,1-2H3/t18-,22-/m0/s1. The van der Waals surface area contributed by atoms with Gasteiger partial charge in [0, 0.05) is 17.5 Å². The van der Waals surface area contributed by atoms with Crippen molar-refractivity contribution >= 4 is 0 Å². The normalized spacial score (nSPS) is 23.8. The fraction of sp³-hybridized carbons (Fsp3) is 0.455. The van der Waals surface area contributed by atoms with E-state index >= 15 is 0 Å². The summed E-state index contributed by atoms with van der Waals surface area (Å²) in [5, 5.41) is 0. The molecule has 1 spiro atoms. The van der Waals surface area contributed by atoms with Gasteiger partial charge in [0.05, 0.1) is 13.7 Å². The molecule has 3 nitrogen and oxygen atoms in total. The summed E-state index contributed by atoms with van der Waals surface area (Å²) in [6.45, 7) is 2.87. The van der Waals surface area contributed by atoms with E-state index < -0.39 is 5.79 Å². The minimum Gasteiger partial charge on any atom is -0.497 e. The molecule has 0 bridgehead atoms. The highest BCUT2D eigenvalue weighted by atomic mass is 16.7. The topological polar surface area (TPSA) is 27.7 Å². The molecule has 132 valence electrons. The molecule has 0 radical (unpaired) electrons.